The topological polar surface area (TPSA) is 0 Å². The van der Waals surface area contributed by atoms with Gasteiger partial charge in [-0.1, -0.05) is 146 Å². The summed E-state index contributed by atoms with van der Waals surface area (Å²) < 4.78 is 2.44. The summed E-state index contributed by atoms with van der Waals surface area (Å²) >= 11 is 4.81. The minimum absolute atomic E-state index is 1.20. The zero-order valence-corrected chi connectivity index (χ0v) is 28.2. The second kappa shape index (κ2) is 12.9. The third kappa shape index (κ3) is 5.64. The van der Waals surface area contributed by atoms with Crippen molar-refractivity contribution in [3.63, 3.8) is 0 Å². The summed E-state index contributed by atoms with van der Waals surface area (Å²) in [5, 5.41) is 0. The predicted octanol–water partition coefficient (Wildman–Crippen LogP) is 12.9. The first-order chi connectivity index (χ1) is 21.7. The first-order valence-corrected chi connectivity index (χ1v) is 16.8. The van der Waals surface area contributed by atoms with Gasteiger partial charge in [0.25, 0.3) is 0 Å². The van der Waals surface area contributed by atoms with Crippen LogP contribution in [0.3, 0.4) is 0 Å². The lowest BCUT2D eigenvalue weighted by Crippen LogP contribution is -2.02. The third-order valence-electron chi connectivity index (χ3n) is 8.02. The van der Waals surface area contributed by atoms with Crippen LogP contribution in [0.2, 0.25) is 0 Å². The highest BCUT2D eigenvalue weighted by molar-refractivity contribution is 14.1. The van der Waals surface area contributed by atoms with Crippen LogP contribution in [-0.4, -0.2) is 0 Å². The van der Waals surface area contributed by atoms with Crippen LogP contribution in [0.5, 0.6) is 0 Å². The van der Waals surface area contributed by atoms with Gasteiger partial charge in [-0.3, -0.25) is 0 Å². The molecule has 0 saturated carbocycles. The third-order valence-corrected chi connectivity index (χ3v) is 9.45. The van der Waals surface area contributed by atoms with Gasteiger partial charge in [-0.2, -0.15) is 0 Å². The second-order valence-corrected chi connectivity index (χ2v) is 13.2. The smallest absolute Gasteiger partial charge is 0.0130 e. The molecule has 2 heteroatoms. The lowest BCUT2D eigenvalue weighted by Gasteiger charge is -2.28. The van der Waals surface area contributed by atoms with E-state index < -0.39 is 0 Å². The molecular formula is C42H28I2. The molecule has 44 heavy (non-hydrogen) atoms. The Kier molecular flexibility index (Phi) is 8.45. The lowest BCUT2D eigenvalue weighted by molar-refractivity contribution is 1.51. The number of rotatable bonds is 6. The van der Waals surface area contributed by atoms with Gasteiger partial charge in [0, 0.05) is 7.14 Å². The van der Waals surface area contributed by atoms with E-state index in [1.807, 2.05) is 0 Å². The fourth-order valence-corrected chi connectivity index (χ4v) is 6.85. The van der Waals surface area contributed by atoms with Gasteiger partial charge in [0.2, 0.25) is 0 Å². The molecule has 0 bridgehead atoms. The molecule has 0 radical (unpaired) electrons. The maximum absolute atomic E-state index is 2.40. The van der Waals surface area contributed by atoms with Crippen LogP contribution in [0.1, 0.15) is 0 Å². The van der Waals surface area contributed by atoms with E-state index in [1.165, 1.54) is 73.9 Å². The maximum atomic E-state index is 2.40. The number of hydrogen-bond acceptors (Lipinski definition) is 0. The van der Waals surface area contributed by atoms with Gasteiger partial charge in [-0.05, 0) is 136 Å². The van der Waals surface area contributed by atoms with E-state index in [0.717, 1.165) is 0 Å². The van der Waals surface area contributed by atoms with Crippen molar-refractivity contribution in [1.29, 1.82) is 0 Å². The van der Waals surface area contributed by atoms with Crippen molar-refractivity contribution >= 4 is 45.2 Å². The van der Waals surface area contributed by atoms with Crippen molar-refractivity contribution in [3.05, 3.63) is 177 Å². The summed E-state index contributed by atoms with van der Waals surface area (Å²) in [4.78, 5) is 0. The molecular weight excluding hydrogens is 758 g/mol. The highest BCUT2D eigenvalue weighted by atomic mass is 127. The zero-order chi connectivity index (χ0) is 29.9. The SMILES string of the molecule is Ic1ccc(-c2c(-c3ccccc3)c(-c3ccccc3)c(-c3ccccc3)c(-c3ccccc3)c2-c2ccc(I)cc2)cc1. The van der Waals surface area contributed by atoms with E-state index in [9.17, 15) is 0 Å². The Morgan fingerprint density at radius 2 is 0.386 bits per heavy atom. The molecule has 0 heterocycles. The average Bonchev–Trinajstić information content (AvgIpc) is 3.09. The molecule has 0 N–H and O–H groups in total. The van der Waals surface area contributed by atoms with Crippen molar-refractivity contribution in [2.24, 2.45) is 0 Å². The number of halogens is 2. The number of benzene rings is 7. The summed E-state index contributed by atoms with van der Waals surface area (Å²) in [5.74, 6) is 0. The van der Waals surface area contributed by atoms with Crippen molar-refractivity contribution < 1.29 is 0 Å². The van der Waals surface area contributed by atoms with Crippen LogP contribution in [0.4, 0.5) is 0 Å². The minimum atomic E-state index is 1.20. The molecule has 0 aliphatic carbocycles. The van der Waals surface area contributed by atoms with Crippen LogP contribution in [0.25, 0.3) is 66.8 Å². The monoisotopic (exact) mass is 786 g/mol. The summed E-state index contributed by atoms with van der Waals surface area (Å²) in [7, 11) is 0. The average molecular weight is 786 g/mol. The zero-order valence-electron chi connectivity index (χ0n) is 23.9. The van der Waals surface area contributed by atoms with E-state index in [4.69, 9.17) is 0 Å². The van der Waals surface area contributed by atoms with Gasteiger partial charge in [0.05, 0.1) is 0 Å². The lowest BCUT2D eigenvalue weighted by atomic mass is 9.74. The normalized spacial score (nSPS) is 11.0. The molecule has 0 atom stereocenters. The van der Waals surface area contributed by atoms with Crippen molar-refractivity contribution in [2.45, 2.75) is 0 Å². The molecule has 0 saturated heterocycles. The molecule has 0 amide bonds. The Morgan fingerprint density at radius 1 is 0.205 bits per heavy atom. The van der Waals surface area contributed by atoms with Gasteiger partial charge >= 0.3 is 0 Å². The molecule has 0 fully saturated rings. The van der Waals surface area contributed by atoms with Gasteiger partial charge in [-0.15, -0.1) is 0 Å². The van der Waals surface area contributed by atoms with Gasteiger partial charge in [0.1, 0.15) is 0 Å². The molecule has 7 rings (SSSR count). The van der Waals surface area contributed by atoms with E-state index in [2.05, 4.69) is 215 Å². The summed E-state index contributed by atoms with van der Waals surface area (Å²) in [5.41, 5.74) is 14.6. The summed E-state index contributed by atoms with van der Waals surface area (Å²) in [6.45, 7) is 0. The Labute approximate surface area is 286 Å². The standard InChI is InChI=1S/C42H28I2/c43-35-25-21-33(22-26-35)41-39(31-17-9-3-10-18-31)37(29-13-5-1-6-14-29)38(30-15-7-2-8-16-30)40(32-19-11-4-12-20-32)42(41)34-23-27-36(44)28-24-34/h1-28H. The fraction of sp³-hybridized carbons (Fsp3) is 0. The second-order valence-electron chi connectivity index (χ2n) is 10.7. The van der Waals surface area contributed by atoms with Crippen molar-refractivity contribution in [2.75, 3.05) is 0 Å². The first-order valence-electron chi connectivity index (χ1n) is 14.7. The van der Waals surface area contributed by atoms with Crippen molar-refractivity contribution in [1.82, 2.24) is 0 Å². The van der Waals surface area contributed by atoms with Gasteiger partial charge in [-0.25, -0.2) is 0 Å². The molecule has 0 aliphatic heterocycles. The van der Waals surface area contributed by atoms with Crippen molar-refractivity contribution in [3.8, 4) is 66.8 Å². The summed E-state index contributed by atoms with van der Waals surface area (Å²) in [6.07, 6.45) is 0. The number of hydrogen-bond donors (Lipinski definition) is 0. The van der Waals surface area contributed by atoms with Crippen LogP contribution < -0.4 is 0 Å². The fourth-order valence-electron chi connectivity index (χ4n) is 6.13. The van der Waals surface area contributed by atoms with Gasteiger partial charge < -0.3 is 0 Å². The highest BCUT2D eigenvalue weighted by Crippen LogP contribution is 2.55. The molecule has 0 spiro atoms. The van der Waals surface area contributed by atoms with Crippen LogP contribution in [0.15, 0.2) is 170 Å². The molecule has 0 nitrogen and oxygen atoms in total. The van der Waals surface area contributed by atoms with Crippen LogP contribution >= 0.6 is 45.2 Å². The molecule has 0 aromatic heterocycles. The Balaban J connectivity index is 1.81. The summed E-state index contributed by atoms with van der Waals surface area (Å²) in [6, 6.07) is 61.7. The quantitative estimate of drug-likeness (QED) is 0.147. The van der Waals surface area contributed by atoms with Crippen LogP contribution in [0, 0.1) is 7.14 Å². The Morgan fingerprint density at radius 3 is 0.591 bits per heavy atom. The van der Waals surface area contributed by atoms with E-state index in [-0.39, 0.29) is 0 Å². The van der Waals surface area contributed by atoms with E-state index in [0.29, 0.717) is 0 Å². The molecule has 7 aromatic carbocycles. The predicted molar refractivity (Wildman–Crippen MR) is 204 cm³/mol. The van der Waals surface area contributed by atoms with Gasteiger partial charge in [0.15, 0.2) is 0 Å². The van der Waals surface area contributed by atoms with E-state index >= 15 is 0 Å². The largest absolute Gasteiger partial charge is 0.0622 e. The molecule has 0 unspecified atom stereocenters. The maximum Gasteiger partial charge on any atom is 0.0130 e. The highest BCUT2D eigenvalue weighted by Gasteiger charge is 2.28. The molecule has 210 valence electrons. The van der Waals surface area contributed by atoms with Crippen LogP contribution in [-0.2, 0) is 0 Å². The Bertz CT molecular complexity index is 1860. The molecule has 7 aromatic rings. The first kappa shape index (κ1) is 28.8. The Hall–Kier alpha value is -4.00. The minimum Gasteiger partial charge on any atom is -0.0622 e. The molecule has 0 aliphatic rings. The van der Waals surface area contributed by atoms with E-state index in [1.54, 1.807) is 0 Å².